The molecule has 0 bridgehead atoms. The van der Waals surface area contributed by atoms with Gasteiger partial charge in [0.1, 0.15) is 5.75 Å². The first-order chi connectivity index (χ1) is 11.6. The van der Waals surface area contributed by atoms with Crippen LogP contribution in [-0.4, -0.2) is 31.1 Å². The number of unbranched alkanes of at least 4 members (excludes halogenated alkanes) is 2. The van der Waals surface area contributed by atoms with Crippen molar-refractivity contribution in [3.05, 3.63) is 29.8 Å². The molecule has 0 spiro atoms. The number of hydrogen-bond donors (Lipinski definition) is 3. The fraction of sp³-hybridized carbons (Fsp3) is 0.556. The van der Waals surface area contributed by atoms with Gasteiger partial charge in [-0.1, -0.05) is 25.0 Å². The van der Waals surface area contributed by atoms with E-state index >= 15 is 0 Å². The van der Waals surface area contributed by atoms with Gasteiger partial charge in [0.15, 0.2) is 0 Å². The lowest BCUT2D eigenvalue weighted by Gasteiger charge is -2.13. The van der Waals surface area contributed by atoms with Crippen LogP contribution in [0.5, 0.6) is 5.75 Å². The van der Waals surface area contributed by atoms with E-state index in [0.29, 0.717) is 13.0 Å². The smallest absolute Gasteiger partial charge is 0.315 e. The molecule has 3 amide bonds. The molecule has 0 saturated carbocycles. The average molecular weight is 333 g/mol. The van der Waals surface area contributed by atoms with Gasteiger partial charge in [-0.25, -0.2) is 4.79 Å². The Balaban J connectivity index is 1.54. The molecule has 1 aromatic rings. The van der Waals surface area contributed by atoms with E-state index < -0.39 is 0 Å². The van der Waals surface area contributed by atoms with Crippen LogP contribution in [0.1, 0.15) is 44.6 Å². The van der Waals surface area contributed by atoms with Crippen LogP contribution >= 0.6 is 0 Å². The Labute approximate surface area is 143 Å². The lowest BCUT2D eigenvalue weighted by atomic mass is 10.0. The van der Waals surface area contributed by atoms with E-state index in [9.17, 15) is 9.59 Å². The van der Waals surface area contributed by atoms with Gasteiger partial charge < -0.3 is 20.7 Å². The maximum absolute atomic E-state index is 11.9. The van der Waals surface area contributed by atoms with Gasteiger partial charge in [0.2, 0.25) is 5.91 Å². The number of rotatable bonds is 9. The zero-order valence-electron chi connectivity index (χ0n) is 14.4. The van der Waals surface area contributed by atoms with Gasteiger partial charge in [-0.15, -0.1) is 0 Å². The third kappa shape index (κ3) is 5.76. The van der Waals surface area contributed by atoms with E-state index in [0.717, 1.165) is 37.0 Å². The molecule has 3 N–H and O–H groups in total. The highest BCUT2D eigenvalue weighted by Gasteiger charge is 2.26. The fourth-order valence-electron chi connectivity index (χ4n) is 2.82. The number of methoxy groups -OCH3 is 1. The van der Waals surface area contributed by atoms with Crippen LogP contribution in [-0.2, 0) is 11.3 Å². The van der Waals surface area contributed by atoms with Gasteiger partial charge in [0.05, 0.1) is 13.2 Å². The lowest BCUT2D eigenvalue weighted by molar-refractivity contribution is -0.121. The number of urea groups is 1. The topological polar surface area (TPSA) is 79.5 Å². The Morgan fingerprint density at radius 1 is 1.17 bits per heavy atom. The van der Waals surface area contributed by atoms with Crippen molar-refractivity contribution in [1.29, 1.82) is 0 Å². The van der Waals surface area contributed by atoms with Crippen LogP contribution in [0.15, 0.2) is 24.3 Å². The number of amides is 3. The molecule has 0 aliphatic carbocycles. The Bertz CT molecular complexity index is 545. The third-order valence-corrected chi connectivity index (χ3v) is 4.35. The molecule has 1 aromatic carbocycles. The van der Waals surface area contributed by atoms with E-state index in [-0.39, 0.29) is 24.0 Å². The Hall–Kier alpha value is -2.24. The summed E-state index contributed by atoms with van der Waals surface area (Å²) in [7, 11) is 1.63. The van der Waals surface area contributed by atoms with Crippen LogP contribution < -0.4 is 20.7 Å². The minimum atomic E-state index is -0.0783. The highest BCUT2D eigenvalue weighted by Crippen LogP contribution is 2.12. The Morgan fingerprint density at radius 2 is 1.92 bits per heavy atom. The molecule has 0 radical (unpaired) electrons. The standard InChI is InChI=1S/C18H27N3O3/c1-13-16(21-18(23)20-13)6-4-3-5-7-17(22)19-12-14-8-10-15(24-2)11-9-14/h8-11,13,16H,3-7,12H2,1-2H3,(H,19,22)(H2,20,21,23)/t13-,16-/m0/s1. The van der Waals surface area contributed by atoms with Crippen molar-refractivity contribution in [3.63, 3.8) is 0 Å². The van der Waals surface area contributed by atoms with E-state index in [2.05, 4.69) is 16.0 Å². The second kappa shape index (κ2) is 9.15. The van der Waals surface area contributed by atoms with Crippen LogP contribution in [0.3, 0.4) is 0 Å². The summed E-state index contributed by atoms with van der Waals surface area (Å²) in [5.41, 5.74) is 1.06. The van der Waals surface area contributed by atoms with E-state index in [1.165, 1.54) is 0 Å². The third-order valence-electron chi connectivity index (χ3n) is 4.35. The molecule has 6 nitrogen and oxygen atoms in total. The molecule has 0 aromatic heterocycles. The van der Waals surface area contributed by atoms with Crippen molar-refractivity contribution in [2.75, 3.05) is 7.11 Å². The van der Waals surface area contributed by atoms with Crippen LogP contribution in [0.25, 0.3) is 0 Å². The maximum atomic E-state index is 11.9. The second-order valence-corrected chi connectivity index (χ2v) is 6.24. The highest BCUT2D eigenvalue weighted by atomic mass is 16.5. The van der Waals surface area contributed by atoms with Crippen LogP contribution in [0.4, 0.5) is 4.79 Å². The van der Waals surface area contributed by atoms with Crippen LogP contribution in [0, 0.1) is 0 Å². The minimum absolute atomic E-state index is 0.0783. The van der Waals surface area contributed by atoms with Gasteiger partial charge in [0.25, 0.3) is 0 Å². The summed E-state index contributed by atoms with van der Waals surface area (Å²) in [6.07, 6.45) is 4.38. The van der Waals surface area contributed by atoms with Crippen molar-refractivity contribution < 1.29 is 14.3 Å². The first kappa shape index (κ1) is 18.1. The summed E-state index contributed by atoms with van der Waals surface area (Å²) in [6, 6.07) is 7.99. The van der Waals surface area contributed by atoms with Crippen molar-refractivity contribution in [1.82, 2.24) is 16.0 Å². The van der Waals surface area contributed by atoms with E-state index in [1.807, 2.05) is 31.2 Å². The molecule has 1 fully saturated rings. The SMILES string of the molecule is COc1ccc(CNC(=O)CCCCC[C@@H]2NC(=O)N[C@H]2C)cc1. The Morgan fingerprint density at radius 3 is 2.54 bits per heavy atom. The first-order valence-corrected chi connectivity index (χ1v) is 8.55. The zero-order valence-corrected chi connectivity index (χ0v) is 14.4. The molecule has 1 aliphatic heterocycles. The monoisotopic (exact) mass is 333 g/mol. The largest absolute Gasteiger partial charge is 0.497 e. The van der Waals surface area contributed by atoms with E-state index in [4.69, 9.17) is 4.74 Å². The number of nitrogens with one attached hydrogen (secondary N) is 3. The van der Waals surface area contributed by atoms with Crippen molar-refractivity contribution >= 4 is 11.9 Å². The second-order valence-electron chi connectivity index (χ2n) is 6.24. The zero-order chi connectivity index (χ0) is 17.4. The predicted octanol–water partition coefficient (Wildman–Crippen LogP) is 2.33. The number of carbonyl (C=O) groups excluding carboxylic acids is 2. The normalized spacial score (nSPS) is 19.5. The summed E-state index contributed by atoms with van der Waals surface area (Å²) in [4.78, 5) is 23.0. The van der Waals surface area contributed by atoms with E-state index in [1.54, 1.807) is 7.11 Å². The number of ether oxygens (including phenoxy) is 1. The van der Waals surface area contributed by atoms with Gasteiger partial charge >= 0.3 is 6.03 Å². The van der Waals surface area contributed by atoms with Crippen LogP contribution in [0.2, 0.25) is 0 Å². The van der Waals surface area contributed by atoms with Gasteiger partial charge in [-0.05, 0) is 37.5 Å². The van der Waals surface area contributed by atoms with Crippen molar-refractivity contribution in [3.8, 4) is 5.75 Å². The number of hydrogen-bond acceptors (Lipinski definition) is 3. The number of benzene rings is 1. The molecule has 2 rings (SSSR count). The molecule has 2 atom stereocenters. The average Bonchev–Trinajstić information content (AvgIpc) is 2.90. The lowest BCUT2D eigenvalue weighted by Crippen LogP contribution is -2.30. The molecule has 6 heteroatoms. The summed E-state index contributed by atoms with van der Waals surface area (Å²) < 4.78 is 5.11. The highest BCUT2D eigenvalue weighted by molar-refractivity contribution is 5.77. The first-order valence-electron chi connectivity index (χ1n) is 8.55. The molecule has 0 unspecified atom stereocenters. The Kier molecular flexibility index (Phi) is 6.90. The van der Waals surface area contributed by atoms with Crippen molar-refractivity contribution in [2.24, 2.45) is 0 Å². The minimum Gasteiger partial charge on any atom is -0.497 e. The maximum Gasteiger partial charge on any atom is 0.315 e. The summed E-state index contributed by atoms with van der Waals surface area (Å²) >= 11 is 0. The molecule has 1 aliphatic rings. The molecule has 1 saturated heterocycles. The summed E-state index contributed by atoms with van der Waals surface area (Å²) in [5.74, 6) is 0.892. The van der Waals surface area contributed by atoms with Gasteiger partial charge in [0, 0.05) is 19.0 Å². The molecule has 24 heavy (non-hydrogen) atoms. The van der Waals surface area contributed by atoms with Gasteiger partial charge in [-0.2, -0.15) is 0 Å². The predicted molar refractivity (Wildman–Crippen MR) is 92.8 cm³/mol. The quantitative estimate of drug-likeness (QED) is 0.607. The number of carbonyl (C=O) groups is 2. The summed E-state index contributed by atoms with van der Waals surface area (Å²) in [6.45, 7) is 2.55. The van der Waals surface area contributed by atoms with Crippen molar-refractivity contribution in [2.45, 2.75) is 57.7 Å². The fourth-order valence-corrected chi connectivity index (χ4v) is 2.82. The molecule has 1 heterocycles. The molecular formula is C18H27N3O3. The van der Waals surface area contributed by atoms with Gasteiger partial charge in [-0.3, -0.25) is 4.79 Å². The molecular weight excluding hydrogens is 306 g/mol. The summed E-state index contributed by atoms with van der Waals surface area (Å²) in [5, 5.41) is 8.69. The molecule has 132 valence electrons.